The largest absolute Gasteiger partial charge is 0.457 e. The van der Waals surface area contributed by atoms with Crippen molar-refractivity contribution in [1.82, 2.24) is 14.7 Å². The summed E-state index contributed by atoms with van der Waals surface area (Å²) in [6.07, 6.45) is 0. The fourth-order valence-corrected chi connectivity index (χ4v) is 4.40. The van der Waals surface area contributed by atoms with Crippen molar-refractivity contribution >= 4 is 21.7 Å². The van der Waals surface area contributed by atoms with Crippen LogP contribution in [0.5, 0.6) is 11.5 Å². The van der Waals surface area contributed by atoms with Gasteiger partial charge in [0.15, 0.2) is 0 Å². The lowest BCUT2D eigenvalue weighted by atomic mass is 10.3. The van der Waals surface area contributed by atoms with E-state index in [-0.39, 0.29) is 11.4 Å². The summed E-state index contributed by atoms with van der Waals surface area (Å²) in [5, 5.41) is 3.17. The zero-order chi connectivity index (χ0) is 23.1. The van der Waals surface area contributed by atoms with Crippen molar-refractivity contribution in [3.8, 4) is 11.5 Å². The summed E-state index contributed by atoms with van der Waals surface area (Å²) < 4.78 is 38.9. The molecule has 0 saturated carbocycles. The molecule has 1 aliphatic heterocycles. The van der Waals surface area contributed by atoms with Crippen LogP contribution in [0.25, 0.3) is 0 Å². The summed E-state index contributed by atoms with van der Waals surface area (Å²) in [6.45, 7) is 5.34. The Morgan fingerprint density at radius 1 is 0.970 bits per heavy atom. The van der Waals surface area contributed by atoms with Gasteiger partial charge in [-0.2, -0.15) is 0 Å². The molecule has 0 amide bonds. The molecular weight excluding hydrogens is 442 g/mol. The Morgan fingerprint density at radius 2 is 1.67 bits per heavy atom. The number of aryl methyl sites for hydroxylation is 1. The minimum Gasteiger partial charge on any atom is -0.457 e. The second-order valence-corrected chi connectivity index (χ2v) is 9.24. The Hall–Kier alpha value is -3.21. The van der Waals surface area contributed by atoms with Crippen LogP contribution in [0.15, 0.2) is 65.6 Å². The fourth-order valence-electron chi connectivity index (χ4n) is 3.37. The van der Waals surface area contributed by atoms with Crippen molar-refractivity contribution in [3.63, 3.8) is 0 Å². The van der Waals surface area contributed by atoms with Gasteiger partial charge in [0.2, 0.25) is 10.0 Å². The summed E-state index contributed by atoms with van der Waals surface area (Å²) in [4.78, 5) is 11.2. The van der Waals surface area contributed by atoms with Crippen LogP contribution in [0.4, 0.5) is 11.6 Å². The molecular formula is C23H27N5O4S. The molecule has 174 valence electrons. The molecule has 1 fully saturated rings. The number of hydrogen-bond acceptors (Lipinski definition) is 8. The highest BCUT2D eigenvalue weighted by Gasteiger charge is 2.15. The van der Waals surface area contributed by atoms with E-state index < -0.39 is 10.0 Å². The van der Waals surface area contributed by atoms with Gasteiger partial charge >= 0.3 is 0 Å². The molecule has 10 heteroatoms. The molecule has 2 N–H and O–H groups in total. The molecule has 9 nitrogen and oxygen atoms in total. The van der Waals surface area contributed by atoms with Gasteiger partial charge in [-0.1, -0.05) is 18.2 Å². The summed E-state index contributed by atoms with van der Waals surface area (Å²) in [6, 6.07) is 17.5. The standard InChI is InChI=1S/C23H27N5O4S/c1-18-26-22(17-23(27-18)28-13-15-31-16-14-28)24-11-12-25-33(29,30)21-9-7-20(8-10-21)32-19-5-3-2-4-6-19/h2-10,17,25H,11-16H2,1H3,(H,24,26,27). The molecule has 1 aliphatic rings. The Morgan fingerprint density at radius 3 is 2.39 bits per heavy atom. The zero-order valence-electron chi connectivity index (χ0n) is 18.4. The number of benzene rings is 2. The maximum absolute atomic E-state index is 12.6. The van der Waals surface area contributed by atoms with Gasteiger partial charge in [-0.25, -0.2) is 23.1 Å². The van der Waals surface area contributed by atoms with Crippen LogP contribution in [0.3, 0.4) is 0 Å². The van der Waals surface area contributed by atoms with Gasteiger partial charge < -0.3 is 19.7 Å². The van der Waals surface area contributed by atoms with Crippen LogP contribution in [0.2, 0.25) is 0 Å². The molecule has 0 bridgehead atoms. The lowest BCUT2D eigenvalue weighted by Crippen LogP contribution is -2.37. The van der Waals surface area contributed by atoms with E-state index in [1.165, 1.54) is 12.1 Å². The van der Waals surface area contributed by atoms with Crippen LogP contribution in [0, 0.1) is 6.92 Å². The molecule has 0 spiro atoms. The van der Waals surface area contributed by atoms with E-state index in [4.69, 9.17) is 9.47 Å². The molecule has 0 atom stereocenters. The maximum atomic E-state index is 12.6. The van der Waals surface area contributed by atoms with E-state index in [0.717, 1.165) is 18.9 Å². The maximum Gasteiger partial charge on any atom is 0.240 e. The van der Waals surface area contributed by atoms with E-state index >= 15 is 0 Å². The van der Waals surface area contributed by atoms with Gasteiger partial charge in [-0.05, 0) is 43.3 Å². The summed E-state index contributed by atoms with van der Waals surface area (Å²) >= 11 is 0. The lowest BCUT2D eigenvalue weighted by Gasteiger charge is -2.28. The SMILES string of the molecule is Cc1nc(NCCNS(=O)(=O)c2ccc(Oc3ccccc3)cc2)cc(N2CCOCC2)n1. The normalized spacial score (nSPS) is 14.2. The minimum atomic E-state index is -3.64. The third-order valence-corrected chi connectivity index (χ3v) is 6.47. The first-order chi connectivity index (χ1) is 16.0. The summed E-state index contributed by atoms with van der Waals surface area (Å²) in [5.74, 6) is 3.41. The fraction of sp³-hybridized carbons (Fsp3) is 0.304. The minimum absolute atomic E-state index is 0.176. The second kappa shape index (κ2) is 10.6. The highest BCUT2D eigenvalue weighted by molar-refractivity contribution is 7.89. The van der Waals surface area contributed by atoms with Gasteiger partial charge in [-0.15, -0.1) is 0 Å². The van der Waals surface area contributed by atoms with Gasteiger partial charge in [0.05, 0.1) is 18.1 Å². The van der Waals surface area contributed by atoms with Crippen molar-refractivity contribution in [2.24, 2.45) is 0 Å². The Labute approximate surface area is 193 Å². The van der Waals surface area contributed by atoms with Crippen LogP contribution in [-0.4, -0.2) is 57.8 Å². The monoisotopic (exact) mass is 469 g/mol. The number of hydrogen-bond donors (Lipinski definition) is 2. The Bertz CT molecular complexity index is 1150. The predicted octanol–water partition coefficient (Wildman–Crippen LogP) is 2.80. The highest BCUT2D eigenvalue weighted by atomic mass is 32.2. The first kappa shape index (κ1) is 23.0. The van der Waals surface area contributed by atoms with E-state index in [2.05, 4.69) is 24.9 Å². The van der Waals surface area contributed by atoms with Gasteiger partial charge in [0.1, 0.15) is 29.0 Å². The number of para-hydroxylation sites is 1. The average Bonchev–Trinajstić information content (AvgIpc) is 2.83. The number of morpholine rings is 1. The highest BCUT2D eigenvalue weighted by Crippen LogP contribution is 2.22. The number of anilines is 2. The first-order valence-corrected chi connectivity index (χ1v) is 12.2. The van der Waals surface area contributed by atoms with Crippen molar-refractivity contribution < 1.29 is 17.9 Å². The number of aromatic nitrogens is 2. The first-order valence-electron chi connectivity index (χ1n) is 10.7. The smallest absolute Gasteiger partial charge is 0.240 e. The van der Waals surface area contributed by atoms with E-state index in [1.54, 1.807) is 12.1 Å². The molecule has 1 aromatic heterocycles. The van der Waals surface area contributed by atoms with Crippen LogP contribution in [0.1, 0.15) is 5.82 Å². The van der Waals surface area contributed by atoms with Crippen molar-refractivity contribution in [1.29, 1.82) is 0 Å². The topological polar surface area (TPSA) is 106 Å². The molecule has 2 aromatic carbocycles. The second-order valence-electron chi connectivity index (χ2n) is 7.47. The van der Waals surface area contributed by atoms with Crippen molar-refractivity contribution in [2.75, 3.05) is 49.6 Å². The van der Waals surface area contributed by atoms with Gasteiger partial charge in [0, 0.05) is 32.2 Å². The van der Waals surface area contributed by atoms with Crippen LogP contribution in [-0.2, 0) is 14.8 Å². The van der Waals surface area contributed by atoms with Crippen molar-refractivity contribution in [2.45, 2.75) is 11.8 Å². The van der Waals surface area contributed by atoms with Crippen molar-refractivity contribution in [3.05, 3.63) is 66.5 Å². The van der Waals surface area contributed by atoms with E-state index in [1.807, 2.05) is 43.3 Å². The average molecular weight is 470 g/mol. The molecule has 0 radical (unpaired) electrons. The molecule has 2 heterocycles. The number of ether oxygens (including phenoxy) is 2. The van der Waals surface area contributed by atoms with E-state index in [0.29, 0.717) is 42.9 Å². The number of nitrogens with zero attached hydrogens (tertiary/aromatic N) is 3. The van der Waals surface area contributed by atoms with Crippen LogP contribution < -0.4 is 19.7 Å². The lowest BCUT2D eigenvalue weighted by molar-refractivity contribution is 0.122. The van der Waals surface area contributed by atoms with Crippen LogP contribution >= 0.6 is 0 Å². The number of nitrogens with one attached hydrogen (secondary N) is 2. The quantitative estimate of drug-likeness (QED) is 0.461. The predicted molar refractivity (Wildman–Crippen MR) is 126 cm³/mol. The molecule has 4 rings (SSSR count). The molecule has 0 unspecified atom stereocenters. The van der Waals surface area contributed by atoms with Gasteiger partial charge in [-0.3, -0.25) is 0 Å². The summed E-state index contributed by atoms with van der Waals surface area (Å²) in [7, 11) is -3.64. The third kappa shape index (κ3) is 6.41. The van der Waals surface area contributed by atoms with Gasteiger partial charge in [0.25, 0.3) is 0 Å². The third-order valence-electron chi connectivity index (χ3n) is 5.00. The molecule has 33 heavy (non-hydrogen) atoms. The zero-order valence-corrected chi connectivity index (χ0v) is 19.2. The van der Waals surface area contributed by atoms with E-state index in [9.17, 15) is 8.42 Å². The molecule has 3 aromatic rings. The number of rotatable bonds is 9. The number of sulfonamides is 1. The molecule has 1 saturated heterocycles. The molecule has 0 aliphatic carbocycles. The Kier molecular flexibility index (Phi) is 7.38. The Balaban J connectivity index is 1.29. The summed E-state index contributed by atoms with van der Waals surface area (Å²) in [5.41, 5.74) is 0.